The number of rotatable bonds is 3. The molecule has 0 radical (unpaired) electrons. The van der Waals surface area contributed by atoms with E-state index in [4.69, 9.17) is 0 Å². The number of halogens is 2. The summed E-state index contributed by atoms with van der Waals surface area (Å²) in [4.78, 5) is 1.03. The molecular weight excluding hydrogens is 303 g/mol. The van der Waals surface area contributed by atoms with E-state index in [2.05, 4.69) is 15.9 Å². The molecule has 1 heterocycles. The molecule has 1 atom stereocenters. The Morgan fingerprint density at radius 1 is 1.41 bits per heavy atom. The molecule has 2 rings (SSSR count). The van der Waals surface area contributed by atoms with Crippen molar-refractivity contribution in [1.82, 2.24) is 0 Å². The quantitative estimate of drug-likeness (QED) is 0.898. The number of aryl methyl sites for hydroxylation is 1. The smallest absolute Gasteiger partial charge is 0.129 e. The van der Waals surface area contributed by atoms with Crippen molar-refractivity contribution in [2.75, 3.05) is 0 Å². The highest BCUT2D eigenvalue weighted by molar-refractivity contribution is 9.10. The van der Waals surface area contributed by atoms with Gasteiger partial charge in [-0.1, -0.05) is 17.7 Å². The molecule has 1 aromatic carbocycles. The number of benzene rings is 1. The first-order valence-corrected chi connectivity index (χ1v) is 6.91. The first-order valence-electron chi connectivity index (χ1n) is 5.24. The largest absolute Gasteiger partial charge is 0.388 e. The lowest BCUT2D eigenvalue weighted by Gasteiger charge is -2.12. The van der Waals surface area contributed by atoms with Crippen molar-refractivity contribution in [1.29, 1.82) is 0 Å². The van der Waals surface area contributed by atoms with Gasteiger partial charge in [0, 0.05) is 21.3 Å². The monoisotopic (exact) mass is 314 g/mol. The standard InChI is InChI=1S/C13H12BrFOS/c1-8-2-3-11(15)9(6-8)12(16)7-13-10(14)4-5-17-13/h2-6,12,16H,7H2,1H3. The van der Waals surface area contributed by atoms with Crippen LogP contribution in [0.2, 0.25) is 0 Å². The highest BCUT2D eigenvalue weighted by Gasteiger charge is 2.15. The van der Waals surface area contributed by atoms with Crippen molar-refractivity contribution >= 4 is 27.3 Å². The van der Waals surface area contributed by atoms with Gasteiger partial charge in [-0.2, -0.15) is 0 Å². The van der Waals surface area contributed by atoms with Crippen molar-refractivity contribution in [2.45, 2.75) is 19.4 Å². The van der Waals surface area contributed by atoms with Crippen LogP contribution in [0.15, 0.2) is 34.1 Å². The number of hydrogen-bond donors (Lipinski definition) is 1. The predicted molar refractivity (Wildman–Crippen MR) is 71.8 cm³/mol. The molecule has 0 aliphatic heterocycles. The first-order chi connectivity index (χ1) is 8.08. The Morgan fingerprint density at radius 2 is 2.18 bits per heavy atom. The highest BCUT2D eigenvalue weighted by Crippen LogP contribution is 2.29. The summed E-state index contributed by atoms with van der Waals surface area (Å²) < 4.78 is 14.5. The van der Waals surface area contributed by atoms with E-state index >= 15 is 0 Å². The normalized spacial score (nSPS) is 12.7. The Labute approximate surface area is 112 Å². The van der Waals surface area contributed by atoms with E-state index < -0.39 is 6.10 Å². The molecule has 1 unspecified atom stereocenters. The molecule has 0 saturated heterocycles. The van der Waals surface area contributed by atoms with Gasteiger partial charge in [0.1, 0.15) is 5.82 Å². The minimum atomic E-state index is -0.801. The van der Waals surface area contributed by atoms with Crippen LogP contribution < -0.4 is 0 Å². The van der Waals surface area contributed by atoms with Crippen molar-refractivity contribution in [3.8, 4) is 0 Å². The van der Waals surface area contributed by atoms with Gasteiger partial charge in [0.05, 0.1) is 6.10 Å². The Bertz CT molecular complexity index is 524. The molecule has 2 aromatic rings. The van der Waals surface area contributed by atoms with Gasteiger partial charge >= 0.3 is 0 Å². The molecule has 0 aliphatic carbocycles. The van der Waals surface area contributed by atoms with E-state index in [-0.39, 0.29) is 5.82 Å². The van der Waals surface area contributed by atoms with Crippen molar-refractivity contribution in [2.24, 2.45) is 0 Å². The molecule has 4 heteroatoms. The van der Waals surface area contributed by atoms with Gasteiger partial charge in [0.2, 0.25) is 0 Å². The van der Waals surface area contributed by atoms with Gasteiger partial charge in [-0.3, -0.25) is 0 Å². The zero-order chi connectivity index (χ0) is 12.4. The lowest BCUT2D eigenvalue weighted by Crippen LogP contribution is -2.04. The zero-order valence-corrected chi connectivity index (χ0v) is 11.7. The van der Waals surface area contributed by atoms with Crippen molar-refractivity contribution < 1.29 is 9.50 Å². The van der Waals surface area contributed by atoms with Gasteiger partial charge in [-0.15, -0.1) is 11.3 Å². The maximum Gasteiger partial charge on any atom is 0.129 e. The number of thiophene rings is 1. The molecule has 90 valence electrons. The van der Waals surface area contributed by atoms with Crippen molar-refractivity contribution in [3.63, 3.8) is 0 Å². The van der Waals surface area contributed by atoms with Crippen LogP contribution in [0.5, 0.6) is 0 Å². The maximum absolute atomic E-state index is 13.6. The molecule has 0 spiro atoms. The highest BCUT2D eigenvalue weighted by atomic mass is 79.9. The fraction of sp³-hybridized carbons (Fsp3) is 0.231. The summed E-state index contributed by atoms with van der Waals surface area (Å²) >= 11 is 4.96. The summed E-state index contributed by atoms with van der Waals surface area (Å²) in [5.74, 6) is -0.351. The van der Waals surface area contributed by atoms with Crippen LogP contribution in [0.25, 0.3) is 0 Å². The average Bonchev–Trinajstić information content (AvgIpc) is 2.68. The molecule has 0 aliphatic rings. The van der Waals surface area contributed by atoms with Gasteiger partial charge in [0.25, 0.3) is 0 Å². The van der Waals surface area contributed by atoms with Crippen LogP contribution in [0.4, 0.5) is 4.39 Å². The maximum atomic E-state index is 13.6. The van der Waals surface area contributed by atoms with Crippen LogP contribution >= 0.6 is 27.3 Å². The van der Waals surface area contributed by atoms with Crippen molar-refractivity contribution in [3.05, 3.63) is 55.9 Å². The van der Waals surface area contributed by atoms with Gasteiger partial charge in [0.15, 0.2) is 0 Å². The molecule has 1 N–H and O–H groups in total. The third kappa shape index (κ3) is 2.94. The summed E-state index contributed by atoms with van der Waals surface area (Å²) in [6.07, 6.45) is -0.372. The van der Waals surface area contributed by atoms with E-state index in [1.165, 1.54) is 6.07 Å². The van der Waals surface area contributed by atoms with Crippen LogP contribution in [-0.2, 0) is 6.42 Å². The second-order valence-corrected chi connectivity index (χ2v) is 5.79. The van der Waals surface area contributed by atoms with Crippen LogP contribution in [0.1, 0.15) is 22.1 Å². The SMILES string of the molecule is Cc1ccc(F)c(C(O)Cc2sccc2Br)c1. The molecule has 1 aromatic heterocycles. The summed E-state index contributed by atoms with van der Waals surface area (Å²) in [7, 11) is 0. The van der Waals surface area contributed by atoms with Gasteiger partial charge in [-0.05, 0) is 40.4 Å². The fourth-order valence-corrected chi connectivity index (χ4v) is 3.23. The van der Waals surface area contributed by atoms with Crippen LogP contribution in [-0.4, -0.2) is 5.11 Å². The third-order valence-electron chi connectivity index (χ3n) is 2.58. The molecule has 0 bridgehead atoms. The van der Waals surface area contributed by atoms with Gasteiger partial charge < -0.3 is 5.11 Å². The molecule has 0 fully saturated rings. The molecule has 17 heavy (non-hydrogen) atoms. The zero-order valence-electron chi connectivity index (χ0n) is 9.28. The molecule has 0 amide bonds. The van der Waals surface area contributed by atoms with Crippen LogP contribution in [0, 0.1) is 12.7 Å². The predicted octanol–water partition coefficient (Wildman–Crippen LogP) is 4.23. The molecule has 0 saturated carbocycles. The Hall–Kier alpha value is -0.710. The second kappa shape index (κ2) is 5.29. The lowest BCUT2D eigenvalue weighted by atomic mass is 10.0. The Balaban J connectivity index is 2.23. The molecule has 1 nitrogen and oxygen atoms in total. The average molecular weight is 315 g/mol. The number of aliphatic hydroxyl groups is 1. The van der Waals surface area contributed by atoms with E-state index in [9.17, 15) is 9.50 Å². The van der Waals surface area contributed by atoms with Gasteiger partial charge in [-0.25, -0.2) is 4.39 Å². The second-order valence-electron chi connectivity index (χ2n) is 3.94. The Morgan fingerprint density at radius 3 is 2.82 bits per heavy atom. The van der Waals surface area contributed by atoms with E-state index in [1.807, 2.05) is 18.4 Å². The minimum Gasteiger partial charge on any atom is -0.388 e. The topological polar surface area (TPSA) is 20.2 Å². The van der Waals surface area contributed by atoms with Crippen LogP contribution in [0.3, 0.4) is 0 Å². The molecular formula is C13H12BrFOS. The first kappa shape index (κ1) is 12.7. The van der Waals surface area contributed by atoms with E-state index in [0.717, 1.165) is 14.9 Å². The number of hydrogen-bond acceptors (Lipinski definition) is 2. The lowest BCUT2D eigenvalue weighted by molar-refractivity contribution is 0.174. The Kier molecular flexibility index (Phi) is 3.97. The summed E-state index contributed by atoms with van der Waals surface area (Å²) in [6, 6.07) is 6.73. The number of aliphatic hydroxyl groups excluding tert-OH is 1. The fourth-order valence-electron chi connectivity index (χ4n) is 1.67. The van der Waals surface area contributed by atoms with E-state index in [0.29, 0.717) is 12.0 Å². The van der Waals surface area contributed by atoms with E-state index in [1.54, 1.807) is 23.5 Å². The summed E-state index contributed by atoms with van der Waals surface area (Å²) in [6.45, 7) is 1.89. The minimum absolute atomic E-state index is 0.351. The summed E-state index contributed by atoms with van der Waals surface area (Å²) in [5, 5.41) is 12.0. The third-order valence-corrected chi connectivity index (χ3v) is 4.53. The summed E-state index contributed by atoms with van der Waals surface area (Å²) in [5.41, 5.74) is 1.32.